The van der Waals surface area contributed by atoms with Crippen LogP contribution in [0.1, 0.15) is 17.3 Å². The highest BCUT2D eigenvalue weighted by atomic mass is 16.5. The maximum atomic E-state index is 12.6. The standard InChI is InChI=1S/C26H26N2O3/c1-20(29)21-7-11-24(12-8-21)27-15-17-28(18-16-27)26(30)19-31-25-13-9-23(10-14-25)22-5-3-2-4-6-22/h2-14H,15-19H2,1H3. The van der Waals surface area contributed by atoms with Gasteiger partial charge in [0.15, 0.2) is 12.4 Å². The average molecular weight is 415 g/mol. The van der Waals surface area contributed by atoms with Crippen molar-refractivity contribution in [2.24, 2.45) is 0 Å². The summed E-state index contributed by atoms with van der Waals surface area (Å²) >= 11 is 0. The summed E-state index contributed by atoms with van der Waals surface area (Å²) in [6.45, 7) is 4.44. The third-order valence-corrected chi connectivity index (χ3v) is 5.60. The molecular weight excluding hydrogens is 388 g/mol. The van der Waals surface area contributed by atoms with Gasteiger partial charge in [-0.25, -0.2) is 0 Å². The second-order valence-corrected chi connectivity index (χ2v) is 7.65. The number of Topliss-reactive ketones (excluding diaryl/α,β-unsaturated/α-hetero) is 1. The zero-order valence-corrected chi connectivity index (χ0v) is 17.7. The van der Waals surface area contributed by atoms with E-state index in [1.54, 1.807) is 6.92 Å². The summed E-state index contributed by atoms with van der Waals surface area (Å²) in [6.07, 6.45) is 0. The van der Waals surface area contributed by atoms with E-state index in [2.05, 4.69) is 17.0 Å². The highest BCUT2D eigenvalue weighted by Gasteiger charge is 2.21. The molecule has 31 heavy (non-hydrogen) atoms. The Morgan fingerprint density at radius 1 is 0.774 bits per heavy atom. The van der Waals surface area contributed by atoms with Crippen LogP contribution in [0.25, 0.3) is 11.1 Å². The third kappa shape index (κ3) is 5.12. The summed E-state index contributed by atoms with van der Waals surface area (Å²) in [6, 6.07) is 25.6. The predicted octanol–water partition coefficient (Wildman–Crippen LogP) is 4.28. The minimum absolute atomic E-state index is 0.00119. The zero-order chi connectivity index (χ0) is 21.6. The number of carbonyl (C=O) groups is 2. The van der Waals surface area contributed by atoms with Crippen molar-refractivity contribution in [3.8, 4) is 16.9 Å². The summed E-state index contributed by atoms with van der Waals surface area (Å²) < 4.78 is 5.72. The molecule has 4 rings (SSSR count). The number of amides is 1. The van der Waals surface area contributed by atoms with Crippen LogP contribution in [0.5, 0.6) is 5.75 Å². The number of carbonyl (C=O) groups excluding carboxylic acids is 2. The first-order valence-electron chi connectivity index (χ1n) is 10.5. The van der Waals surface area contributed by atoms with E-state index < -0.39 is 0 Å². The fourth-order valence-corrected chi connectivity index (χ4v) is 3.73. The second-order valence-electron chi connectivity index (χ2n) is 7.65. The molecule has 1 heterocycles. The van der Waals surface area contributed by atoms with Crippen LogP contribution in [0, 0.1) is 0 Å². The lowest BCUT2D eigenvalue weighted by Gasteiger charge is -2.36. The summed E-state index contributed by atoms with van der Waals surface area (Å²) in [5.41, 5.74) is 4.06. The molecule has 0 saturated carbocycles. The maximum Gasteiger partial charge on any atom is 0.260 e. The van der Waals surface area contributed by atoms with E-state index in [1.165, 1.54) is 0 Å². The molecule has 0 bridgehead atoms. The van der Waals surface area contributed by atoms with Crippen LogP contribution in [0.15, 0.2) is 78.9 Å². The molecule has 1 fully saturated rings. The van der Waals surface area contributed by atoms with Crippen molar-refractivity contribution in [1.29, 1.82) is 0 Å². The highest BCUT2D eigenvalue weighted by molar-refractivity contribution is 5.94. The van der Waals surface area contributed by atoms with Crippen molar-refractivity contribution < 1.29 is 14.3 Å². The Bertz CT molecular complexity index is 1020. The summed E-state index contributed by atoms with van der Waals surface area (Å²) in [7, 11) is 0. The smallest absolute Gasteiger partial charge is 0.260 e. The highest BCUT2D eigenvalue weighted by Crippen LogP contribution is 2.22. The molecule has 0 unspecified atom stereocenters. The normalized spacial score (nSPS) is 13.7. The molecule has 5 heteroatoms. The molecule has 0 aliphatic carbocycles. The van der Waals surface area contributed by atoms with Crippen molar-refractivity contribution in [3.05, 3.63) is 84.4 Å². The van der Waals surface area contributed by atoms with Gasteiger partial charge in [-0.3, -0.25) is 9.59 Å². The fraction of sp³-hybridized carbons (Fsp3) is 0.231. The molecule has 5 nitrogen and oxygen atoms in total. The predicted molar refractivity (Wildman–Crippen MR) is 123 cm³/mol. The molecule has 3 aromatic carbocycles. The van der Waals surface area contributed by atoms with Crippen LogP contribution in [-0.2, 0) is 4.79 Å². The van der Waals surface area contributed by atoms with Gasteiger partial charge in [0, 0.05) is 37.4 Å². The molecule has 0 spiro atoms. The number of nitrogens with zero attached hydrogens (tertiary/aromatic N) is 2. The number of benzene rings is 3. The Morgan fingerprint density at radius 3 is 2.00 bits per heavy atom. The van der Waals surface area contributed by atoms with Crippen LogP contribution in [0.2, 0.25) is 0 Å². The number of anilines is 1. The summed E-state index contributed by atoms with van der Waals surface area (Å²) in [4.78, 5) is 28.1. The van der Waals surface area contributed by atoms with E-state index in [4.69, 9.17) is 4.74 Å². The quantitative estimate of drug-likeness (QED) is 0.565. The number of piperazine rings is 1. The van der Waals surface area contributed by atoms with E-state index in [0.717, 1.165) is 29.9 Å². The molecule has 0 N–H and O–H groups in total. The summed E-state index contributed by atoms with van der Waals surface area (Å²) in [5, 5.41) is 0. The van der Waals surface area contributed by atoms with Gasteiger partial charge in [-0.2, -0.15) is 0 Å². The third-order valence-electron chi connectivity index (χ3n) is 5.60. The zero-order valence-electron chi connectivity index (χ0n) is 17.7. The van der Waals surface area contributed by atoms with Crippen molar-refractivity contribution in [2.45, 2.75) is 6.92 Å². The summed E-state index contributed by atoms with van der Waals surface area (Å²) in [5.74, 6) is 0.757. The maximum absolute atomic E-state index is 12.6. The Balaban J connectivity index is 1.26. The van der Waals surface area contributed by atoms with Crippen LogP contribution >= 0.6 is 0 Å². The number of hydrogen-bond acceptors (Lipinski definition) is 4. The first-order valence-corrected chi connectivity index (χ1v) is 10.5. The number of rotatable bonds is 6. The number of ether oxygens (including phenoxy) is 1. The van der Waals surface area contributed by atoms with Crippen LogP contribution in [-0.4, -0.2) is 49.4 Å². The Hall–Kier alpha value is -3.60. The van der Waals surface area contributed by atoms with Gasteiger partial charge in [-0.1, -0.05) is 42.5 Å². The average Bonchev–Trinajstić information content (AvgIpc) is 2.83. The lowest BCUT2D eigenvalue weighted by Crippen LogP contribution is -2.50. The van der Waals surface area contributed by atoms with Gasteiger partial charge in [0.2, 0.25) is 0 Å². The SMILES string of the molecule is CC(=O)c1ccc(N2CCN(C(=O)COc3ccc(-c4ccccc4)cc3)CC2)cc1. The van der Waals surface area contributed by atoms with Crippen LogP contribution in [0.4, 0.5) is 5.69 Å². The van der Waals surface area contributed by atoms with E-state index in [1.807, 2.05) is 71.6 Å². The fourth-order valence-electron chi connectivity index (χ4n) is 3.73. The number of ketones is 1. The lowest BCUT2D eigenvalue weighted by atomic mass is 10.1. The minimum atomic E-state index is -0.00119. The lowest BCUT2D eigenvalue weighted by molar-refractivity contribution is -0.133. The topological polar surface area (TPSA) is 49.9 Å². The molecule has 1 aliphatic heterocycles. The Kier molecular flexibility index (Phi) is 6.32. The van der Waals surface area contributed by atoms with Gasteiger partial charge in [0.05, 0.1) is 0 Å². The molecule has 1 amide bonds. The molecule has 0 aromatic heterocycles. The molecule has 1 saturated heterocycles. The van der Waals surface area contributed by atoms with Crippen molar-refractivity contribution in [1.82, 2.24) is 4.90 Å². The first-order chi connectivity index (χ1) is 15.1. The largest absolute Gasteiger partial charge is 0.484 e. The molecule has 158 valence electrons. The molecule has 0 radical (unpaired) electrons. The van der Waals surface area contributed by atoms with Gasteiger partial charge in [-0.05, 0) is 54.4 Å². The van der Waals surface area contributed by atoms with Gasteiger partial charge >= 0.3 is 0 Å². The number of hydrogen-bond donors (Lipinski definition) is 0. The molecule has 3 aromatic rings. The van der Waals surface area contributed by atoms with E-state index in [-0.39, 0.29) is 18.3 Å². The Morgan fingerprint density at radius 2 is 1.39 bits per heavy atom. The Labute approximate surface area is 182 Å². The first kappa shape index (κ1) is 20.7. The van der Waals surface area contributed by atoms with Gasteiger partial charge < -0.3 is 14.5 Å². The van der Waals surface area contributed by atoms with Gasteiger partial charge in [-0.15, -0.1) is 0 Å². The molecular formula is C26H26N2O3. The van der Waals surface area contributed by atoms with Gasteiger partial charge in [0.1, 0.15) is 5.75 Å². The van der Waals surface area contributed by atoms with Crippen molar-refractivity contribution in [2.75, 3.05) is 37.7 Å². The molecule has 1 aliphatic rings. The van der Waals surface area contributed by atoms with Crippen LogP contribution in [0.3, 0.4) is 0 Å². The molecule has 0 atom stereocenters. The second kappa shape index (κ2) is 9.47. The van der Waals surface area contributed by atoms with Gasteiger partial charge in [0.25, 0.3) is 5.91 Å². The van der Waals surface area contributed by atoms with Crippen molar-refractivity contribution >= 4 is 17.4 Å². The minimum Gasteiger partial charge on any atom is -0.484 e. The van der Waals surface area contributed by atoms with E-state index in [9.17, 15) is 9.59 Å². The van der Waals surface area contributed by atoms with Crippen LogP contribution < -0.4 is 9.64 Å². The van der Waals surface area contributed by atoms with E-state index >= 15 is 0 Å². The van der Waals surface area contributed by atoms with Crippen molar-refractivity contribution in [3.63, 3.8) is 0 Å². The monoisotopic (exact) mass is 414 g/mol. The van der Waals surface area contributed by atoms with E-state index in [0.29, 0.717) is 24.4 Å².